The minimum atomic E-state index is -0.304. The molecule has 1 aromatic heterocycles. The molecule has 178 valence electrons. The number of piperidine rings is 1. The van der Waals surface area contributed by atoms with Crippen molar-refractivity contribution in [2.45, 2.75) is 70.5 Å². The second-order valence-electron chi connectivity index (χ2n) is 9.05. The van der Waals surface area contributed by atoms with E-state index in [-0.39, 0.29) is 35.0 Å². The Kier molecular flexibility index (Phi) is 7.53. The molecule has 0 unspecified atom stereocenters. The lowest BCUT2D eigenvalue weighted by atomic mass is 9.96. The molecule has 2 heterocycles. The maximum absolute atomic E-state index is 13.2. The van der Waals surface area contributed by atoms with Crippen LogP contribution in [0.1, 0.15) is 66.6 Å². The zero-order chi connectivity index (χ0) is 23.4. The molecule has 0 radical (unpaired) electrons. The molecular formula is C24H31ClFN5O2. The average Bonchev–Trinajstić information content (AvgIpc) is 3.08. The first kappa shape index (κ1) is 23.5. The Hall–Kier alpha value is -2.61. The molecule has 9 heteroatoms. The van der Waals surface area contributed by atoms with Crippen LogP contribution in [-0.2, 0) is 6.54 Å². The van der Waals surface area contributed by atoms with Crippen LogP contribution in [0.5, 0.6) is 0 Å². The molecule has 3 amide bonds. The topological polar surface area (TPSA) is 79.3 Å². The second kappa shape index (κ2) is 10.5. The van der Waals surface area contributed by atoms with Gasteiger partial charge in [0, 0.05) is 25.2 Å². The van der Waals surface area contributed by atoms with E-state index in [0.29, 0.717) is 43.7 Å². The first-order valence-corrected chi connectivity index (χ1v) is 12.1. The number of hydrogen-bond acceptors (Lipinski definition) is 3. The number of amides is 3. The quantitative estimate of drug-likeness (QED) is 0.677. The van der Waals surface area contributed by atoms with Crippen LogP contribution < -0.4 is 10.6 Å². The van der Waals surface area contributed by atoms with Gasteiger partial charge in [0.05, 0.1) is 17.8 Å². The summed E-state index contributed by atoms with van der Waals surface area (Å²) in [6.07, 6.45) is 7.10. The molecule has 2 aliphatic rings. The normalized spacial score (nSPS) is 17.7. The van der Waals surface area contributed by atoms with Crippen LogP contribution in [0.15, 0.2) is 24.3 Å². The van der Waals surface area contributed by atoms with Gasteiger partial charge in [0.1, 0.15) is 11.0 Å². The van der Waals surface area contributed by atoms with Crippen molar-refractivity contribution in [2.75, 3.05) is 13.1 Å². The van der Waals surface area contributed by atoms with Gasteiger partial charge in [-0.25, -0.2) is 13.9 Å². The van der Waals surface area contributed by atoms with Gasteiger partial charge in [-0.2, -0.15) is 5.10 Å². The molecule has 0 bridgehead atoms. The summed E-state index contributed by atoms with van der Waals surface area (Å²) in [4.78, 5) is 27.3. The maximum atomic E-state index is 13.2. The molecule has 1 saturated heterocycles. The number of aromatic nitrogens is 2. The van der Waals surface area contributed by atoms with Crippen molar-refractivity contribution in [3.63, 3.8) is 0 Å². The smallest absolute Gasteiger partial charge is 0.315 e. The Morgan fingerprint density at radius 2 is 1.64 bits per heavy atom. The predicted molar refractivity (Wildman–Crippen MR) is 125 cm³/mol. The van der Waals surface area contributed by atoms with Gasteiger partial charge in [0.2, 0.25) is 0 Å². The molecule has 2 fully saturated rings. The molecular weight excluding hydrogens is 445 g/mol. The summed E-state index contributed by atoms with van der Waals surface area (Å²) in [6, 6.07) is 6.34. The van der Waals surface area contributed by atoms with Crippen molar-refractivity contribution in [3.05, 3.63) is 52.1 Å². The molecule has 0 atom stereocenters. The van der Waals surface area contributed by atoms with E-state index in [1.54, 1.807) is 28.6 Å². The summed E-state index contributed by atoms with van der Waals surface area (Å²) >= 11 is 6.53. The van der Waals surface area contributed by atoms with Crippen LogP contribution in [0.4, 0.5) is 9.18 Å². The number of nitrogens with zero attached hydrogens (tertiary/aromatic N) is 3. The Bertz CT molecular complexity index is 979. The van der Waals surface area contributed by atoms with Gasteiger partial charge in [0.15, 0.2) is 0 Å². The van der Waals surface area contributed by atoms with E-state index in [2.05, 4.69) is 15.7 Å². The van der Waals surface area contributed by atoms with Gasteiger partial charge in [-0.3, -0.25) is 4.79 Å². The first-order valence-electron chi connectivity index (χ1n) is 11.7. The van der Waals surface area contributed by atoms with Gasteiger partial charge in [-0.1, -0.05) is 43.0 Å². The van der Waals surface area contributed by atoms with Gasteiger partial charge in [-0.15, -0.1) is 0 Å². The van der Waals surface area contributed by atoms with E-state index in [1.165, 1.54) is 31.4 Å². The number of likely N-dealkylation sites (tertiary alicyclic amines) is 1. The molecule has 1 aliphatic heterocycles. The van der Waals surface area contributed by atoms with Crippen molar-refractivity contribution in [2.24, 2.45) is 0 Å². The number of carbonyl (C=O) groups excluding carboxylic acids is 2. The molecule has 1 saturated carbocycles. The monoisotopic (exact) mass is 475 g/mol. The lowest BCUT2D eigenvalue weighted by Crippen LogP contribution is -2.51. The Morgan fingerprint density at radius 1 is 1.03 bits per heavy atom. The highest BCUT2D eigenvalue weighted by Crippen LogP contribution is 2.24. The van der Waals surface area contributed by atoms with Crippen LogP contribution in [0.2, 0.25) is 5.15 Å². The highest BCUT2D eigenvalue weighted by atomic mass is 35.5. The largest absolute Gasteiger partial charge is 0.338 e. The van der Waals surface area contributed by atoms with E-state index in [0.717, 1.165) is 18.4 Å². The van der Waals surface area contributed by atoms with Crippen LogP contribution in [0.25, 0.3) is 0 Å². The van der Waals surface area contributed by atoms with E-state index in [9.17, 15) is 14.0 Å². The van der Waals surface area contributed by atoms with E-state index < -0.39 is 0 Å². The SMILES string of the molecule is Cc1nn(Cc2ccc(F)cc2)c(Cl)c1C(=O)N1CCC(NC(=O)NC2CCCCC2)CC1. The molecule has 7 nitrogen and oxygen atoms in total. The summed E-state index contributed by atoms with van der Waals surface area (Å²) < 4.78 is 14.7. The number of hydrogen-bond donors (Lipinski definition) is 2. The van der Waals surface area contributed by atoms with Gasteiger partial charge in [-0.05, 0) is 50.3 Å². The fourth-order valence-electron chi connectivity index (χ4n) is 4.71. The first-order chi connectivity index (χ1) is 15.9. The molecule has 0 spiro atoms. The Labute approximate surface area is 198 Å². The summed E-state index contributed by atoms with van der Waals surface area (Å²) in [5.41, 5.74) is 1.82. The summed E-state index contributed by atoms with van der Waals surface area (Å²) in [5.74, 6) is -0.449. The number of benzene rings is 1. The van der Waals surface area contributed by atoms with E-state index in [1.807, 2.05) is 0 Å². The highest BCUT2D eigenvalue weighted by Gasteiger charge is 2.29. The lowest BCUT2D eigenvalue weighted by Gasteiger charge is -2.33. The zero-order valence-corrected chi connectivity index (χ0v) is 19.7. The van der Waals surface area contributed by atoms with Crippen molar-refractivity contribution < 1.29 is 14.0 Å². The number of rotatable bonds is 5. The standard InChI is InChI=1S/C24H31ClFN5O2/c1-16-21(22(25)31(29-16)15-17-7-9-18(26)10-8-17)23(32)30-13-11-20(12-14-30)28-24(33)27-19-5-3-2-4-6-19/h7-10,19-20H,2-6,11-15H2,1H3,(H2,27,28,33). The number of urea groups is 1. The third-order valence-corrected chi connectivity index (χ3v) is 6.97. The fourth-order valence-corrected chi connectivity index (χ4v) is 5.02. The molecule has 2 aromatic rings. The molecule has 1 aromatic carbocycles. The zero-order valence-electron chi connectivity index (χ0n) is 18.9. The number of nitrogens with one attached hydrogen (secondary N) is 2. The van der Waals surface area contributed by atoms with E-state index >= 15 is 0 Å². The van der Waals surface area contributed by atoms with Gasteiger partial charge in [0.25, 0.3) is 5.91 Å². The predicted octanol–water partition coefficient (Wildman–Crippen LogP) is 4.27. The van der Waals surface area contributed by atoms with Crippen LogP contribution in [0, 0.1) is 12.7 Å². The maximum Gasteiger partial charge on any atom is 0.315 e. The van der Waals surface area contributed by atoms with Crippen molar-refractivity contribution in [3.8, 4) is 0 Å². The number of aryl methyl sites for hydroxylation is 1. The summed E-state index contributed by atoms with van der Waals surface area (Å²) in [7, 11) is 0. The van der Waals surface area contributed by atoms with Crippen LogP contribution in [0.3, 0.4) is 0 Å². The highest BCUT2D eigenvalue weighted by molar-refractivity contribution is 6.33. The second-order valence-corrected chi connectivity index (χ2v) is 9.41. The summed E-state index contributed by atoms with van der Waals surface area (Å²) in [5, 5.41) is 10.9. The third-order valence-electron chi connectivity index (χ3n) is 6.58. The fraction of sp³-hybridized carbons (Fsp3) is 0.542. The number of halogens is 2. The Morgan fingerprint density at radius 3 is 2.27 bits per heavy atom. The average molecular weight is 476 g/mol. The van der Waals surface area contributed by atoms with E-state index in [4.69, 9.17) is 11.6 Å². The molecule has 33 heavy (non-hydrogen) atoms. The minimum absolute atomic E-state index is 0.0513. The Balaban J connectivity index is 1.31. The van der Waals surface area contributed by atoms with Gasteiger partial charge < -0.3 is 15.5 Å². The lowest BCUT2D eigenvalue weighted by molar-refractivity contribution is 0.0707. The minimum Gasteiger partial charge on any atom is -0.338 e. The van der Waals surface area contributed by atoms with Gasteiger partial charge >= 0.3 is 6.03 Å². The summed E-state index contributed by atoms with van der Waals surface area (Å²) in [6.45, 7) is 3.22. The van der Waals surface area contributed by atoms with Crippen LogP contribution in [-0.4, -0.2) is 51.8 Å². The third kappa shape index (κ3) is 5.85. The van der Waals surface area contributed by atoms with Crippen molar-refractivity contribution in [1.29, 1.82) is 0 Å². The number of carbonyl (C=O) groups is 2. The molecule has 2 N–H and O–H groups in total. The molecule has 4 rings (SSSR count). The van der Waals surface area contributed by atoms with Crippen LogP contribution >= 0.6 is 11.6 Å². The molecule has 1 aliphatic carbocycles. The van der Waals surface area contributed by atoms with Crippen molar-refractivity contribution >= 4 is 23.5 Å². The van der Waals surface area contributed by atoms with Crippen molar-refractivity contribution in [1.82, 2.24) is 25.3 Å².